The van der Waals surface area contributed by atoms with E-state index in [0.29, 0.717) is 25.6 Å². The van der Waals surface area contributed by atoms with Crippen LogP contribution >= 0.6 is 12.4 Å². The van der Waals surface area contributed by atoms with Crippen LogP contribution in [0.3, 0.4) is 0 Å². The van der Waals surface area contributed by atoms with Crippen molar-refractivity contribution < 1.29 is 26.3 Å². The number of rotatable bonds is 5. The number of ether oxygens (including phenoxy) is 1. The number of hydrogen-bond acceptors (Lipinski definition) is 4. The maximum Gasteiger partial charge on any atom is 0.387 e. The molecule has 1 atom stereocenters. The first-order valence-electron chi connectivity index (χ1n) is 5.86. The summed E-state index contributed by atoms with van der Waals surface area (Å²) in [5, 5.41) is 2.98. The topological polar surface area (TPSA) is 67.4 Å². The summed E-state index contributed by atoms with van der Waals surface area (Å²) in [6.45, 7) is -1.98. The normalized spacial score (nSPS) is 18.6. The van der Waals surface area contributed by atoms with Gasteiger partial charge in [0.1, 0.15) is 0 Å². The fraction of sp³-hybridized carbons (Fsp3) is 0.455. The molecule has 1 aromatic carbocycles. The fourth-order valence-electron chi connectivity index (χ4n) is 1.88. The van der Waals surface area contributed by atoms with Crippen LogP contribution in [0.15, 0.2) is 23.1 Å². The molecule has 2 N–H and O–H groups in total. The van der Waals surface area contributed by atoms with Gasteiger partial charge in [-0.2, -0.15) is 8.78 Å². The highest BCUT2D eigenvalue weighted by molar-refractivity contribution is 7.89. The van der Waals surface area contributed by atoms with Crippen LogP contribution < -0.4 is 14.8 Å². The summed E-state index contributed by atoms with van der Waals surface area (Å²) in [5.74, 6) is -1.85. The van der Waals surface area contributed by atoms with Crippen LogP contribution in [0.1, 0.15) is 6.42 Å². The van der Waals surface area contributed by atoms with Crippen LogP contribution in [0.4, 0.5) is 13.2 Å². The lowest BCUT2D eigenvalue weighted by atomic mass is 10.3. The standard InChI is InChI=1S/C11H13F3N2O3S.ClH/c12-9-5-8(1-2-10(9)19-11(13)14)20(17,18)16-7-3-4-15-6-7;/h1-2,5,7,11,15-16H,3-4,6H2;1H. The van der Waals surface area contributed by atoms with Gasteiger partial charge < -0.3 is 10.1 Å². The van der Waals surface area contributed by atoms with Crippen molar-refractivity contribution in [1.82, 2.24) is 10.0 Å². The van der Waals surface area contributed by atoms with E-state index < -0.39 is 28.2 Å². The molecule has 2 rings (SSSR count). The number of alkyl halides is 2. The molecule has 1 saturated heterocycles. The van der Waals surface area contributed by atoms with E-state index in [1.165, 1.54) is 0 Å². The molecule has 0 saturated carbocycles. The molecule has 1 fully saturated rings. The molecule has 0 amide bonds. The van der Waals surface area contributed by atoms with E-state index in [0.717, 1.165) is 12.1 Å². The molecule has 0 aliphatic carbocycles. The molecule has 21 heavy (non-hydrogen) atoms. The van der Waals surface area contributed by atoms with E-state index >= 15 is 0 Å². The van der Waals surface area contributed by atoms with Gasteiger partial charge in [0.2, 0.25) is 10.0 Å². The van der Waals surface area contributed by atoms with Gasteiger partial charge in [-0.05, 0) is 31.2 Å². The molecule has 1 heterocycles. The number of benzene rings is 1. The van der Waals surface area contributed by atoms with Crippen molar-refractivity contribution in [2.24, 2.45) is 0 Å². The Hall–Kier alpha value is -1.03. The summed E-state index contributed by atoms with van der Waals surface area (Å²) in [6.07, 6.45) is 0.633. The molecule has 1 unspecified atom stereocenters. The smallest absolute Gasteiger partial charge is 0.387 e. The zero-order valence-electron chi connectivity index (χ0n) is 10.7. The first-order valence-corrected chi connectivity index (χ1v) is 7.34. The van der Waals surface area contributed by atoms with Crippen molar-refractivity contribution in [2.75, 3.05) is 13.1 Å². The third-order valence-corrected chi connectivity index (χ3v) is 4.33. The predicted molar refractivity (Wildman–Crippen MR) is 71.9 cm³/mol. The van der Waals surface area contributed by atoms with Gasteiger partial charge in [0.15, 0.2) is 11.6 Å². The first kappa shape index (κ1) is 18.0. The molecule has 0 radical (unpaired) electrons. The number of nitrogens with one attached hydrogen (secondary N) is 2. The maximum atomic E-state index is 13.5. The Morgan fingerprint density at radius 2 is 2.10 bits per heavy atom. The van der Waals surface area contributed by atoms with Gasteiger partial charge in [0.25, 0.3) is 0 Å². The average molecular weight is 347 g/mol. The van der Waals surface area contributed by atoms with Crippen LogP contribution in [-0.2, 0) is 10.0 Å². The van der Waals surface area contributed by atoms with Crippen molar-refractivity contribution in [3.8, 4) is 5.75 Å². The second-order valence-corrected chi connectivity index (χ2v) is 6.00. The van der Waals surface area contributed by atoms with E-state index in [1.54, 1.807) is 0 Å². The monoisotopic (exact) mass is 346 g/mol. The fourth-order valence-corrected chi connectivity index (χ4v) is 3.16. The Bertz CT molecular complexity index is 580. The van der Waals surface area contributed by atoms with Gasteiger partial charge in [-0.1, -0.05) is 0 Å². The molecule has 1 aliphatic heterocycles. The molecule has 1 aliphatic rings. The summed E-state index contributed by atoms with van der Waals surface area (Å²) < 4.78 is 67.7. The van der Waals surface area contributed by atoms with Gasteiger partial charge in [-0.15, -0.1) is 12.4 Å². The van der Waals surface area contributed by atoms with Gasteiger partial charge in [-0.25, -0.2) is 17.5 Å². The van der Waals surface area contributed by atoms with Crippen molar-refractivity contribution >= 4 is 22.4 Å². The lowest BCUT2D eigenvalue weighted by Gasteiger charge is -2.13. The largest absolute Gasteiger partial charge is 0.432 e. The molecule has 1 aromatic rings. The molecule has 0 spiro atoms. The predicted octanol–water partition coefficient (Wildman–Crippen LogP) is 1.49. The average Bonchev–Trinajstić information content (AvgIpc) is 2.83. The Morgan fingerprint density at radius 1 is 1.38 bits per heavy atom. The van der Waals surface area contributed by atoms with E-state index in [4.69, 9.17) is 0 Å². The lowest BCUT2D eigenvalue weighted by Crippen LogP contribution is -2.36. The Balaban J connectivity index is 0.00000220. The summed E-state index contributed by atoms with van der Waals surface area (Å²) >= 11 is 0. The van der Waals surface area contributed by atoms with E-state index in [9.17, 15) is 21.6 Å². The quantitative estimate of drug-likeness (QED) is 0.847. The molecule has 0 bridgehead atoms. The highest BCUT2D eigenvalue weighted by Crippen LogP contribution is 2.23. The van der Waals surface area contributed by atoms with Gasteiger partial charge in [-0.3, -0.25) is 0 Å². The third kappa shape index (κ3) is 4.73. The second-order valence-electron chi connectivity index (χ2n) is 4.28. The molecule has 10 heteroatoms. The summed E-state index contributed by atoms with van der Waals surface area (Å²) in [7, 11) is -3.88. The maximum absolute atomic E-state index is 13.5. The minimum atomic E-state index is -3.88. The van der Waals surface area contributed by atoms with Crippen LogP contribution in [0.5, 0.6) is 5.75 Å². The zero-order valence-corrected chi connectivity index (χ0v) is 12.3. The number of halogens is 4. The second kappa shape index (κ2) is 7.30. The molecular formula is C11H14ClF3N2O3S. The van der Waals surface area contributed by atoms with E-state index in [-0.39, 0.29) is 23.3 Å². The summed E-state index contributed by atoms with van der Waals surface area (Å²) in [4.78, 5) is -0.330. The molecule has 120 valence electrons. The van der Waals surface area contributed by atoms with Crippen LogP contribution in [0.25, 0.3) is 0 Å². The molecular weight excluding hydrogens is 333 g/mol. The Kier molecular flexibility index (Phi) is 6.26. The lowest BCUT2D eigenvalue weighted by molar-refractivity contribution is -0.0522. The highest BCUT2D eigenvalue weighted by atomic mass is 35.5. The van der Waals surface area contributed by atoms with Gasteiger partial charge >= 0.3 is 6.61 Å². The SMILES string of the molecule is Cl.O=S(=O)(NC1CCNC1)c1ccc(OC(F)F)c(F)c1. The van der Waals surface area contributed by atoms with Gasteiger partial charge in [0.05, 0.1) is 4.90 Å². The first-order chi connectivity index (χ1) is 9.38. The summed E-state index contributed by atoms with van der Waals surface area (Å²) in [5.41, 5.74) is 0. The van der Waals surface area contributed by atoms with E-state index in [1.807, 2.05) is 0 Å². The van der Waals surface area contributed by atoms with Crippen molar-refractivity contribution in [1.29, 1.82) is 0 Å². The van der Waals surface area contributed by atoms with Crippen LogP contribution in [-0.4, -0.2) is 34.2 Å². The van der Waals surface area contributed by atoms with Crippen LogP contribution in [0.2, 0.25) is 0 Å². The number of sulfonamides is 1. The van der Waals surface area contributed by atoms with Crippen LogP contribution in [0, 0.1) is 5.82 Å². The Morgan fingerprint density at radius 3 is 2.62 bits per heavy atom. The third-order valence-electron chi connectivity index (χ3n) is 2.81. The zero-order chi connectivity index (χ0) is 14.8. The van der Waals surface area contributed by atoms with Crippen molar-refractivity contribution in [3.05, 3.63) is 24.0 Å². The van der Waals surface area contributed by atoms with Crippen molar-refractivity contribution in [2.45, 2.75) is 24.0 Å². The van der Waals surface area contributed by atoms with Gasteiger partial charge in [0, 0.05) is 12.6 Å². The number of hydrogen-bond donors (Lipinski definition) is 2. The molecule has 5 nitrogen and oxygen atoms in total. The van der Waals surface area contributed by atoms with Crippen molar-refractivity contribution in [3.63, 3.8) is 0 Å². The highest BCUT2D eigenvalue weighted by Gasteiger charge is 2.24. The summed E-state index contributed by atoms with van der Waals surface area (Å²) in [6, 6.07) is 2.27. The minimum Gasteiger partial charge on any atom is -0.432 e. The minimum absolute atomic E-state index is 0. The Labute approximate surface area is 126 Å². The van der Waals surface area contributed by atoms with E-state index in [2.05, 4.69) is 14.8 Å². The molecule has 0 aromatic heterocycles.